The van der Waals surface area contributed by atoms with Crippen molar-refractivity contribution in [3.63, 3.8) is 0 Å². The van der Waals surface area contributed by atoms with Gasteiger partial charge < -0.3 is 10.1 Å². The summed E-state index contributed by atoms with van der Waals surface area (Å²) >= 11 is 0. The summed E-state index contributed by atoms with van der Waals surface area (Å²) in [5.74, 6) is 0. The molecule has 1 heterocycles. The molecule has 1 saturated heterocycles. The van der Waals surface area contributed by atoms with Gasteiger partial charge in [0.1, 0.15) is 0 Å². The van der Waals surface area contributed by atoms with Crippen LogP contribution >= 0.6 is 0 Å². The van der Waals surface area contributed by atoms with Crippen molar-refractivity contribution in [3.05, 3.63) is 0 Å². The molecular weight excluding hydrogens is 236 g/mol. The molecule has 1 aliphatic carbocycles. The first-order valence-corrected chi connectivity index (χ1v) is 8.04. The van der Waals surface area contributed by atoms with Crippen LogP contribution in [0.4, 0.5) is 0 Å². The van der Waals surface area contributed by atoms with Gasteiger partial charge in [0.25, 0.3) is 0 Å². The average Bonchev–Trinajstić information content (AvgIpc) is 2.30. The van der Waals surface area contributed by atoms with E-state index in [1.54, 1.807) is 0 Å². The van der Waals surface area contributed by atoms with E-state index in [2.05, 4.69) is 44.8 Å². The summed E-state index contributed by atoms with van der Waals surface area (Å²) in [6.07, 6.45) is 4.71. The van der Waals surface area contributed by atoms with Gasteiger partial charge in [0.15, 0.2) is 0 Å². The van der Waals surface area contributed by atoms with Crippen LogP contribution in [0.3, 0.4) is 0 Å². The Morgan fingerprint density at radius 2 is 1.84 bits per heavy atom. The van der Waals surface area contributed by atoms with Crippen LogP contribution in [0.1, 0.15) is 53.9 Å². The largest absolute Gasteiger partial charge is 0.373 e. The van der Waals surface area contributed by atoms with Gasteiger partial charge in [0.2, 0.25) is 0 Å². The summed E-state index contributed by atoms with van der Waals surface area (Å²) in [4.78, 5) is 2.69. The van der Waals surface area contributed by atoms with Crippen molar-refractivity contribution in [2.75, 3.05) is 19.6 Å². The Labute approximate surface area is 119 Å². The molecule has 0 amide bonds. The van der Waals surface area contributed by atoms with E-state index in [1.165, 1.54) is 19.3 Å². The van der Waals surface area contributed by atoms with E-state index in [0.29, 0.717) is 29.7 Å². The molecule has 2 unspecified atom stereocenters. The number of nitrogens with one attached hydrogen (secondary N) is 1. The van der Waals surface area contributed by atoms with Gasteiger partial charge in [-0.05, 0) is 45.1 Å². The summed E-state index contributed by atoms with van der Waals surface area (Å²) in [6.45, 7) is 14.8. The van der Waals surface area contributed by atoms with Crippen molar-refractivity contribution < 1.29 is 4.74 Å². The highest BCUT2D eigenvalue weighted by Gasteiger charge is 2.39. The standard InChI is InChI=1S/C16H32N2O/c1-6-17-14-7-8-16(4,5)9-15(14)18-10-12(2)19-13(3)11-18/h12-15,17H,6-11H2,1-5H3/t12-,13+,14?,15?. The van der Waals surface area contributed by atoms with E-state index in [0.717, 1.165) is 19.6 Å². The van der Waals surface area contributed by atoms with Gasteiger partial charge in [-0.1, -0.05) is 20.8 Å². The quantitative estimate of drug-likeness (QED) is 0.851. The van der Waals surface area contributed by atoms with Crippen molar-refractivity contribution in [1.82, 2.24) is 10.2 Å². The molecule has 4 atom stereocenters. The molecule has 1 saturated carbocycles. The Hall–Kier alpha value is -0.120. The van der Waals surface area contributed by atoms with Crippen molar-refractivity contribution in [1.29, 1.82) is 0 Å². The maximum atomic E-state index is 5.89. The Kier molecular flexibility index (Phi) is 4.91. The van der Waals surface area contributed by atoms with E-state index >= 15 is 0 Å². The SMILES string of the molecule is CCNC1CCC(C)(C)CC1N1C[C@@H](C)O[C@@H](C)C1. The first-order valence-electron chi connectivity index (χ1n) is 8.04. The predicted molar refractivity (Wildman–Crippen MR) is 80.5 cm³/mol. The first kappa shape index (κ1) is 15.3. The van der Waals surface area contributed by atoms with Gasteiger partial charge in [-0.25, -0.2) is 0 Å². The minimum atomic E-state index is 0.371. The fraction of sp³-hybridized carbons (Fsp3) is 1.00. The van der Waals surface area contributed by atoms with Crippen LogP contribution < -0.4 is 5.32 Å². The topological polar surface area (TPSA) is 24.5 Å². The van der Waals surface area contributed by atoms with Gasteiger partial charge in [0, 0.05) is 25.2 Å². The zero-order chi connectivity index (χ0) is 14.0. The molecule has 2 fully saturated rings. The molecule has 0 aromatic carbocycles. The van der Waals surface area contributed by atoms with Crippen LogP contribution in [0.25, 0.3) is 0 Å². The smallest absolute Gasteiger partial charge is 0.0678 e. The van der Waals surface area contributed by atoms with E-state index in [9.17, 15) is 0 Å². The van der Waals surface area contributed by atoms with Crippen molar-refractivity contribution >= 4 is 0 Å². The van der Waals surface area contributed by atoms with Gasteiger partial charge in [-0.2, -0.15) is 0 Å². The zero-order valence-corrected chi connectivity index (χ0v) is 13.4. The fourth-order valence-corrected chi connectivity index (χ4v) is 3.92. The lowest BCUT2D eigenvalue weighted by Crippen LogP contribution is -2.59. The number of ether oxygens (including phenoxy) is 1. The zero-order valence-electron chi connectivity index (χ0n) is 13.4. The summed E-state index contributed by atoms with van der Waals surface area (Å²) in [5, 5.41) is 3.72. The number of rotatable bonds is 3. The predicted octanol–water partition coefficient (Wildman–Crippen LogP) is 2.65. The molecule has 19 heavy (non-hydrogen) atoms. The highest BCUT2D eigenvalue weighted by molar-refractivity contribution is 4.96. The summed E-state index contributed by atoms with van der Waals surface area (Å²) in [5.41, 5.74) is 0.487. The second kappa shape index (κ2) is 6.11. The molecule has 2 aliphatic rings. The maximum absolute atomic E-state index is 5.89. The van der Waals surface area contributed by atoms with Crippen LogP contribution in [-0.4, -0.2) is 48.8 Å². The molecule has 3 nitrogen and oxygen atoms in total. The molecule has 0 radical (unpaired) electrons. The Morgan fingerprint density at radius 1 is 1.21 bits per heavy atom. The molecule has 0 aromatic rings. The molecule has 3 heteroatoms. The van der Waals surface area contributed by atoms with E-state index in [1.807, 2.05) is 0 Å². The second-order valence-electron chi connectivity index (χ2n) is 7.35. The monoisotopic (exact) mass is 268 g/mol. The molecule has 0 spiro atoms. The third-order valence-electron chi connectivity index (χ3n) is 4.74. The third kappa shape index (κ3) is 3.93. The van der Waals surface area contributed by atoms with Crippen LogP contribution in [0.2, 0.25) is 0 Å². The van der Waals surface area contributed by atoms with Crippen molar-refractivity contribution in [2.24, 2.45) is 5.41 Å². The minimum absolute atomic E-state index is 0.371. The van der Waals surface area contributed by atoms with Gasteiger partial charge >= 0.3 is 0 Å². The normalized spacial score (nSPS) is 40.3. The van der Waals surface area contributed by atoms with E-state index in [-0.39, 0.29) is 0 Å². The van der Waals surface area contributed by atoms with E-state index < -0.39 is 0 Å². The second-order valence-corrected chi connectivity index (χ2v) is 7.35. The number of nitrogens with zero attached hydrogens (tertiary/aromatic N) is 1. The molecule has 2 rings (SSSR count). The summed E-state index contributed by atoms with van der Waals surface area (Å²) < 4.78 is 5.89. The lowest BCUT2D eigenvalue weighted by Gasteiger charge is -2.49. The Bertz CT molecular complexity index is 282. The van der Waals surface area contributed by atoms with Gasteiger partial charge in [-0.3, -0.25) is 4.90 Å². The summed E-state index contributed by atoms with van der Waals surface area (Å²) in [6, 6.07) is 1.34. The number of hydrogen-bond donors (Lipinski definition) is 1. The lowest BCUT2D eigenvalue weighted by atomic mass is 9.72. The Morgan fingerprint density at radius 3 is 2.42 bits per heavy atom. The van der Waals surface area contributed by atoms with Crippen molar-refractivity contribution in [2.45, 2.75) is 78.2 Å². The molecule has 1 aliphatic heterocycles. The fourth-order valence-electron chi connectivity index (χ4n) is 3.92. The highest BCUT2D eigenvalue weighted by Crippen LogP contribution is 2.38. The highest BCUT2D eigenvalue weighted by atomic mass is 16.5. The molecule has 0 aromatic heterocycles. The number of hydrogen-bond acceptors (Lipinski definition) is 3. The van der Waals surface area contributed by atoms with Gasteiger partial charge in [0.05, 0.1) is 12.2 Å². The van der Waals surface area contributed by atoms with Crippen LogP contribution in [0.5, 0.6) is 0 Å². The molecule has 1 N–H and O–H groups in total. The van der Waals surface area contributed by atoms with Gasteiger partial charge in [-0.15, -0.1) is 0 Å². The van der Waals surface area contributed by atoms with Crippen LogP contribution in [-0.2, 0) is 4.74 Å². The minimum Gasteiger partial charge on any atom is -0.373 e. The van der Waals surface area contributed by atoms with Crippen LogP contribution in [0.15, 0.2) is 0 Å². The van der Waals surface area contributed by atoms with E-state index in [4.69, 9.17) is 4.74 Å². The van der Waals surface area contributed by atoms with Crippen molar-refractivity contribution in [3.8, 4) is 0 Å². The average molecular weight is 268 g/mol. The Balaban J connectivity index is 2.07. The number of likely N-dealkylation sites (N-methyl/N-ethyl adjacent to an activating group) is 1. The number of morpholine rings is 1. The first-order chi connectivity index (χ1) is 8.91. The maximum Gasteiger partial charge on any atom is 0.0678 e. The third-order valence-corrected chi connectivity index (χ3v) is 4.74. The summed E-state index contributed by atoms with van der Waals surface area (Å²) in [7, 11) is 0. The lowest BCUT2D eigenvalue weighted by molar-refractivity contribution is -0.0939. The molecular formula is C16H32N2O. The van der Waals surface area contributed by atoms with Crippen LogP contribution in [0, 0.1) is 5.41 Å². The molecule has 0 bridgehead atoms. The molecule has 112 valence electrons.